The number of nitrogens with zero attached hydrogens (tertiary/aromatic N) is 3. The molecule has 1 aliphatic rings. The summed E-state index contributed by atoms with van der Waals surface area (Å²) in [6.07, 6.45) is 0.170. The van der Waals surface area contributed by atoms with Crippen LogP contribution < -0.4 is 5.73 Å². The molecule has 26 heavy (non-hydrogen) atoms. The van der Waals surface area contributed by atoms with Crippen LogP contribution >= 0.6 is 0 Å². The summed E-state index contributed by atoms with van der Waals surface area (Å²) in [5.41, 5.74) is 8.25. The zero-order valence-corrected chi connectivity index (χ0v) is 15.1. The van der Waals surface area contributed by atoms with Gasteiger partial charge in [0.1, 0.15) is 11.8 Å². The normalized spacial score (nSPS) is 18.1. The van der Waals surface area contributed by atoms with Crippen LogP contribution in [0.2, 0.25) is 0 Å². The van der Waals surface area contributed by atoms with Crippen molar-refractivity contribution in [1.29, 1.82) is 0 Å². The number of aromatic nitrogens is 1. The second-order valence-corrected chi connectivity index (χ2v) is 6.71. The molecule has 2 aromatic rings. The van der Waals surface area contributed by atoms with Gasteiger partial charge in [0.05, 0.1) is 12.1 Å². The fourth-order valence-corrected chi connectivity index (χ4v) is 3.37. The highest BCUT2D eigenvalue weighted by molar-refractivity contribution is 5.88. The van der Waals surface area contributed by atoms with Crippen molar-refractivity contribution < 1.29 is 14.1 Å². The molecule has 1 atom stereocenters. The number of nitrogens with two attached hydrogens (primary N) is 1. The summed E-state index contributed by atoms with van der Waals surface area (Å²) in [6, 6.07) is 9.43. The molecule has 2 heterocycles. The fourth-order valence-electron chi connectivity index (χ4n) is 3.37. The summed E-state index contributed by atoms with van der Waals surface area (Å²) in [6.45, 7) is 5.94. The summed E-state index contributed by atoms with van der Waals surface area (Å²) in [5.74, 6) is 0.0339. The van der Waals surface area contributed by atoms with E-state index >= 15 is 0 Å². The monoisotopic (exact) mass is 356 g/mol. The number of piperazine rings is 1. The van der Waals surface area contributed by atoms with Crippen molar-refractivity contribution in [3.63, 3.8) is 0 Å². The maximum atomic E-state index is 12.8. The summed E-state index contributed by atoms with van der Waals surface area (Å²) >= 11 is 0. The number of hydrogen-bond acceptors (Lipinski definition) is 5. The first-order valence-corrected chi connectivity index (χ1v) is 8.72. The van der Waals surface area contributed by atoms with E-state index in [9.17, 15) is 9.59 Å². The Hall–Kier alpha value is -2.67. The third kappa shape index (κ3) is 3.94. The predicted octanol–water partition coefficient (Wildman–Crippen LogP) is 1.03. The maximum absolute atomic E-state index is 12.8. The van der Waals surface area contributed by atoms with Gasteiger partial charge in [-0.15, -0.1) is 0 Å². The van der Waals surface area contributed by atoms with Crippen molar-refractivity contribution in [3.8, 4) is 0 Å². The van der Waals surface area contributed by atoms with E-state index in [2.05, 4.69) is 10.1 Å². The van der Waals surface area contributed by atoms with Crippen molar-refractivity contribution in [2.24, 2.45) is 5.73 Å². The lowest BCUT2D eigenvalue weighted by Gasteiger charge is -2.40. The van der Waals surface area contributed by atoms with Gasteiger partial charge in [0.2, 0.25) is 11.8 Å². The van der Waals surface area contributed by atoms with Crippen LogP contribution in [0.3, 0.4) is 0 Å². The minimum atomic E-state index is -0.625. The maximum Gasteiger partial charge on any atom is 0.241 e. The molecule has 1 aromatic carbocycles. The number of aryl methyl sites for hydroxylation is 2. The van der Waals surface area contributed by atoms with E-state index in [1.807, 2.05) is 37.3 Å². The zero-order valence-electron chi connectivity index (χ0n) is 15.1. The Kier molecular flexibility index (Phi) is 5.37. The van der Waals surface area contributed by atoms with Gasteiger partial charge in [-0.05, 0) is 19.4 Å². The van der Waals surface area contributed by atoms with Gasteiger partial charge in [0.25, 0.3) is 0 Å². The van der Waals surface area contributed by atoms with E-state index in [0.717, 1.165) is 12.1 Å². The molecule has 2 amide bonds. The van der Waals surface area contributed by atoms with Crippen LogP contribution in [0.4, 0.5) is 0 Å². The van der Waals surface area contributed by atoms with Crippen LogP contribution in [-0.4, -0.2) is 52.4 Å². The van der Waals surface area contributed by atoms with Crippen LogP contribution in [0.15, 0.2) is 34.9 Å². The zero-order chi connectivity index (χ0) is 18.7. The van der Waals surface area contributed by atoms with E-state index in [1.165, 1.54) is 5.56 Å². The molecule has 1 fully saturated rings. The van der Waals surface area contributed by atoms with Crippen molar-refractivity contribution in [2.75, 3.05) is 19.6 Å². The molecule has 7 heteroatoms. The highest BCUT2D eigenvalue weighted by atomic mass is 16.5. The van der Waals surface area contributed by atoms with Gasteiger partial charge in [0.15, 0.2) is 0 Å². The van der Waals surface area contributed by atoms with Crippen LogP contribution in [0.1, 0.15) is 22.6 Å². The van der Waals surface area contributed by atoms with Crippen LogP contribution in [0.25, 0.3) is 0 Å². The second kappa shape index (κ2) is 7.70. The van der Waals surface area contributed by atoms with Crippen LogP contribution in [-0.2, 0) is 22.6 Å². The molecule has 0 radical (unpaired) electrons. The molecule has 2 N–H and O–H groups in total. The lowest BCUT2D eigenvalue weighted by Crippen LogP contribution is -2.59. The van der Waals surface area contributed by atoms with Gasteiger partial charge < -0.3 is 15.2 Å². The smallest absolute Gasteiger partial charge is 0.241 e. The summed E-state index contributed by atoms with van der Waals surface area (Å²) < 4.78 is 5.12. The SMILES string of the molecule is Cc1noc(C)c1CC(=O)N1CCN(Cc2ccccc2)CC1C(N)=O. The number of carbonyl (C=O) groups is 2. The molecule has 1 saturated heterocycles. The molecule has 0 spiro atoms. The molecule has 1 aromatic heterocycles. The van der Waals surface area contributed by atoms with E-state index in [-0.39, 0.29) is 12.3 Å². The number of primary amides is 1. The minimum Gasteiger partial charge on any atom is -0.368 e. The molecule has 0 aliphatic carbocycles. The van der Waals surface area contributed by atoms with Gasteiger partial charge >= 0.3 is 0 Å². The topological polar surface area (TPSA) is 92.7 Å². The first-order chi connectivity index (χ1) is 12.5. The molecule has 1 aliphatic heterocycles. The Bertz CT molecular complexity index is 768. The Morgan fingerprint density at radius 3 is 2.58 bits per heavy atom. The number of rotatable bonds is 5. The van der Waals surface area contributed by atoms with E-state index in [4.69, 9.17) is 10.3 Å². The summed E-state index contributed by atoms with van der Waals surface area (Å²) in [5, 5.41) is 3.88. The fraction of sp³-hybridized carbons (Fsp3) is 0.421. The Morgan fingerprint density at radius 1 is 1.23 bits per heavy atom. The van der Waals surface area contributed by atoms with Crippen molar-refractivity contribution in [3.05, 3.63) is 52.9 Å². The summed E-state index contributed by atoms with van der Waals surface area (Å²) in [7, 11) is 0. The average Bonchev–Trinajstić information content (AvgIpc) is 2.94. The highest BCUT2D eigenvalue weighted by Gasteiger charge is 2.34. The standard InChI is InChI=1S/C19H24N4O3/c1-13-16(14(2)26-21-13)10-18(24)23-9-8-22(12-17(23)19(20)25)11-15-6-4-3-5-7-15/h3-7,17H,8-12H2,1-2H3,(H2,20,25). The van der Waals surface area contributed by atoms with Gasteiger partial charge in [-0.2, -0.15) is 0 Å². The summed E-state index contributed by atoms with van der Waals surface area (Å²) in [4.78, 5) is 28.5. The van der Waals surface area contributed by atoms with Crippen molar-refractivity contribution in [2.45, 2.75) is 32.9 Å². The van der Waals surface area contributed by atoms with E-state index in [1.54, 1.807) is 11.8 Å². The molecule has 7 nitrogen and oxygen atoms in total. The molecule has 0 saturated carbocycles. The van der Waals surface area contributed by atoms with Crippen LogP contribution in [0, 0.1) is 13.8 Å². The second-order valence-electron chi connectivity index (χ2n) is 6.71. The van der Waals surface area contributed by atoms with Gasteiger partial charge in [-0.1, -0.05) is 35.5 Å². The Balaban J connectivity index is 1.68. The van der Waals surface area contributed by atoms with Gasteiger partial charge in [-0.25, -0.2) is 0 Å². The van der Waals surface area contributed by atoms with Gasteiger partial charge in [0, 0.05) is 31.7 Å². The molecule has 0 bridgehead atoms. The lowest BCUT2D eigenvalue weighted by molar-refractivity contribution is -0.142. The Labute approximate surface area is 152 Å². The largest absolute Gasteiger partial charge is 0.368 e. The molecule has 1 unspecified atom stereocenters. The van der Waals surface area contributed by atoms with Crippen molar-refractivity contribution >= 4 is 11.8 Å². The lowest BCUT2D eigenvalue weighted by atomic mass is 10.1. The molecule has 3 rings (SSSR count). The molecular formula is C19H24N4O3. The first kappa shape index (κ1) is 18.1. The molecular weight excluding hydrogens is 332 g/mol. The third-order valence-corrected chi connectivity index (χ3v) is 4.87. The molecule has 138 valence electrons. The van der Waals surface area contributed by atoms with Crippen LogP contribution in [0.5, 0.6) is 0 Å². The third-order valence-electron chi connectivity index (χ3n) is 4.87. The van der Waals surface area contributed by atoms with E-state index < -0.39 is 11.9 Å². The van der Waals surface area contributed by atoms with Crippen molar-refractivity contribution in [1.82, 2.24) is 15.0 Å². The number of benzene rings is 1. The average molecular weight is 356 g/mol. The first-order valence-electron chi connectivity index (χ1n) is 8.72. The quantitative estimate of drug-likeness (QED) is 0.864. The highest BCUT2D eigenvalue weighted by Crippen LogP contribution is 2.18. The van der Waals surface area contributed by atoms with E-state index in [0.29, 0.717) is 31.1 Å². The van der Waals surface area contributed by atoms with Gasteiger partial charge in [-0.3, -0.25) is 14.5 Å². The number of hydrogen-bond donors (Lipinski definition) is 1. The Morgan fingerprint density at radius 2 is 1.96 bits per heavy atom. The number of carbonyl (C=O) groups excluding carboxylic acids is 2. The predicted molar refractivity (Wildman–Crippen MR) is 96.1 cm³/mol. The number of amides is 2. The minimum absolute atomic E-state index is 0.123.